The zero-order chi connectivity index (χ0) is 28.7. The number of halogens is 5. The second-order valence-corrected chi connectivity index (χ2v) is 14.6. The van der Waals surface area contributed by atoms with E-state index < -0.39 is 27.3 Å². The van der Waals surface area contributed by atoms with Crippen LogP contribution in [0.5, 0.6) is 0 Å². The van der Waals surface area contributed by atoms with Crippen LogP contribution in [0.15, 0.2) is 64.0 Å². The van der Waals surface area contributed by atoms with Crippen LogP contribution >= 0.6 is 27.5 Å². The van der Waals surface area contributed by atoms with Gasteiger partial charge in [0.2, 0.25) is 0 Å². The molecular weight excluding hydrogens is 627 g/mol. The van der Waals surface area contributed by atoms with Crippen LogP contribution in [0, 0.1) is 6.92 Å². The molecule has 0 unspecified atom stereocenters. The molecule has 0 N–H and O–H groups in total. The van der Waals surface area contributed by atoms with Gasteiger partial charge in [-0.15, -0.1) is 0 Å². The van der Waals surface area contributed by atoms with Crippen molar-refractivity contribution in [2.24, 2.45) is 0 Å². The predicted molar refractivity (Wildman–Crippen MR) is 153 cm³/mol. The third-order valence-corrected chi connectivity index (χ3v) is 11.8. The van der Waals surface area contributed by atoms with Gasteiger partial charge in [-0.3, -0.25) is 4.68 Å². The van der Waals surface area contributed by atoms with Gasteiger partial charge in [-0.25, -0.2) is 8.42 Å². The summed E-state index contributed by atoms with van der Waals surface area (Å²) in [7, 11) is -3.72. The first-order valence-corrected chi connectivity index (χ1v) is 16.1. The molecule has 1 aromatic heterocycles. The molecule has 216 valence electrons. The van der Waals surface area contributed by atoms with E-state index in [0.717, 1.165) is 53.5 Å². The molecule has 2 aliphatic rings. The molecule has 1 aliphatic carbocycles. The van der Waals surface area contributed by atoms with Gasteiger partial charge in [0.25, 0.3) is 0 Å². The lowest BCUT2D eigenvalue weighted by molar-refractivity contribution is -0.143. The Labute approximate surface area is 246 Å². The Balaban J connectivity index is 1.32. The molecule has 1 saturated carbocycles. The number of aryl methyl sites for hydroxylation is 1. The summed E-state index contributed by atoms with van der Waals surface area (Å²) in [6.45, 7) is 2.18. The van der Waals surface area contributed by atoms with Crippen LogP contribution in [-0.4, -0.2) is 48.4 Å². The average Bonchev–Trinajstić information content (AvgIpc) is 3.27. The van der Waals surface area contributed by atoms with E-state index in [1.165, 1.54) is 0 Å². The van der Waals surface area contributed by atoms with Gasteiger partial charge < -0.3 is 4.90 Å². The molecule has 0 spiro atoms. The number of nitrogens with zero attached hydrogens (tertiary/aromatic N) is 3. The second-order valence-electron chi connectivity index (χ2n) is 11.0. The van der Waals surface area contributed by atoms with Gasteiger partial charge >= 0.3 is 6.18 Å². The van der Waals surface area contributed by atoms with Crippen LogP contribution in [0.2, 0.25) is 5.02 Å². The minimum atomic E-state index is -4.32. The Morgan fingerprint density at radius 2 is 1.60 bits per heavy atom. The van der Waals surface area contributed by atoms with Crippen LogP contribution in [-0.2, 0) is 21.1 Å². The van der Waals surface area contributed by atoms with Crippen molar-refractivity contribution in [1.82, 2.24) is 14.7 Å². The number of alkyl halides is 3. The van der Waals surface area contributed by atoms with Gasteiger partial charge in [0, 0.05) is 27.1 Å². The third kappa shape index (κ3) is 6.01. The van der Waals surface area contributed by atoms with Crippen molar-refractivity contribution in [1.29, 1.82) is 0 Å². The summed E-state index contributed by atoms with van der Waals surface area (Å²) in [5.41, 5.74) is 2.04. The van der Waals surface area contributed by atoms with Gasteiger partial charge in [-0.1, -0.05) is 39.7 Å². The fourth-order valence-corrected chi connectivity index (χ4v) is 9.05. The normalized spacial score (nSPS) is 23.4. The maximum atomic E-state index is 14.2. The molecule has 5 rings (SSSR count). The van der Waals surface area contributed by atoms with E-state index in [1.54, 1.807) is 37.3 Å². The minimum absolute atomic E-state index is 0.0236. The molecule has 5 nitrogen and oxygen atoms in total. The standard InChI is InChI=1S/C29H32BrClF3N3O2S/c1-20-18-27(37(35-20)19-29(32,33)34)21-12-16-36(17-13-21)25-10-14-28(15-11-25,22-2-4-23(30)5-3-22)40(38,39)26-8-6-24(31)7-9-26/h2-9,18,21,25H,10-17,19H2,1H3. The molecule has 1 saturated heterocycles. The summed E-state index contributed by atoms with van der Waals surface area (Å²) >= 11 is 9.51. The highest BCUT2D eigenvalue weighted by Crippen LogP contribution is 2.48. The van der Waals surface area contributed by atoms with Gasteiger partial charge in [-0.2, -0.15) is 18.3 Å². The Hall–Kier alpha value is -1.88. The molecule has 0 radical (unpaired) electrons. The van der Waals surface area contributed by atoms with E-state index >= 15 is 0 Å². The summed E-state index contributed by atoms with van der Waals surface area (Å²) in [6, 6.07) is 16.0. The van der Waals surface area contributed by atoms with Gasteiger partial charge in [0.05, 0.1) is 10.6 Å². The van der Waals surface area contributed by atoms with Crippen molar-refractivity contribution in [3.8, 4) is 0 Å². The first-order chi connectivity index (χ1) is 18.9. The van der Waals surface area contributed by atoms with Crippen LogP contribution in [0.3, 0.4) is 0 Å². The molecule has 2 fully saturated rings. The first-order valence-electron chi connectivity index (χ1n) is 13.5. The highest BCUT2D eigenvalue weighted by atomic mass is 79.9. The Bertz CT molecular complexity index is 1430. The van der Waals surface area contributed by atoms with Crippen molar-refractivity contribution >= 4 is 37.4 Å². The number of piperidine rings is 1. The van der Waals surface area contributed by atoms with Gasteiger partial charge in [-0.05, 0) is 107 Å². The molecular formula is C29H32BrClF3N3O2S. The molecule has 1 aliphatic heterocycles. The van der Waals surface area contributed by atoms with Crippen molar-refractivity contribution in [3.05, 3.63) is 81.0 Å². The van der Waals surface area contributed by atoms with E-state index in [2.05, 4.69) is 25.9 Å². The number of hydrogen-bond acceptors (Lipinski definition) is 4. The summed E-state index contributed by atoms with van der Waals surface area (Å²) in [5.74, 6) is 0.0236. The van der Waals surface area contributed by atoms with E-state index in [1.807, 2.05) is 24.3 Å². The molecule has 3 aromatic rings. The highest BCUT2D eigenvalue weighted by Gasteiger charge is 2.49. The Morgan fingerprint density at radius 3 is 2.17 bits per heavy atom. The lowest BCUT2D eigenvalue weighted by Gasteiger charge is -2.45. The summed E-state index contributed by atoms with van der Waals surface area (Å²) in [4.78, 5) is 2.67. The molecule has 11 heteroatoms. The lowest BCUT2D eigenvalue weighted by atomic mass is 9.79. The smallest absolute Gasteiger partial charge is 0.300 e. The van der Waals surface area contributed by atoms with Crippen LogP contribution < -0.4 is 0 Å². The molecule has 0 amide bonds. The largest absolute Gasteiger partial charge is 0.408 e. The van der Waals surface area contributed by atoms with Crippen molar-refractivity contribution in [2.75, 3.05) is 13.1 Å². The van der Waals surface area contributed by atoms with Gasteiger partial charge in [0.1, 0.15) is 11.3 Å². The summed E-state index contributed by atoms with van der Waals surface area (Å²) in [5, 5.41) is 4.59. The highest BCUT2D eigenvalue weighted by molar-refractivity contribution is 9.10. The van der Waals surface area contributed by atoms with Crippen LogP contribution in [0.4, 0.5) is 13.2 Å². The second kappa shape index (κ2) is 11.4. The van der Waals surface area contributed by atoms with Crippen molar-refractivity contribution in [3.63, 3.8) is 0 Å². The van der Waals surface area contributed by atoms with E-state index in [9.17, 15) is 21.6 Å². The fourth-order valence-electron chi connectivity index (χ4n) is 6.49. The molecule has 2 aromatic carbocycles. The third-order valence-electron chi connectivity index (χ3n) is 8.50. The number of aromatic nitrogens is 2. The van der Waals surface area contributed by atoms with Crippen LogP contribution in [0.25, 0.3) is 0 Å². The van der Waals surface area contributed by atoms with E-state index in [4.69, 9.17) is 11.6 Å². The molecule has 2 heterocycles. The number of rotatable bonds is 6. The fraction of sp³-hybridized carbons (Fsp3) is 0.483. The van der Waals surface area contributed by atoms with Crippen LogP contribution in [0.1, 0.15) is 61.4 Å². The topological polar surface area (TPSA) is 55.2 Å². The molecule has 0 atom stereocenters. The SMILES string of the molecule is Cc1cc(C2CCN(C3CCC(c4ccc(Br)cc4)(S(=O)(=O)c4ccc(Cl)cc4)CC3)CC2)n(CC(F)(F)F)n1. The van der Waals surface area contributed by atoms with Crippen molar-refractivity contribution in [2.45, 2.75) is 79.8 Å². The first kappa shape index (κ1) is 29.6. The zero-order valence-corrected chi connectivity index (χ0v) is 25.3. The maximum Gasteiger partial charge on any atom is 0.408 e. The Morgan fingerprint density at radius 1 is 1.00 bits per heavy atom. The number of hydrogen-bond donors (Lipinski definition) is 0. The maximum absolute atomic E-state index is 14.2. The molecule has 40 heavy (non-hydrogen) atoms. The van der Waals surface area contributed by atoms with Gasteiger partial charge in [0.15, 0.2) is 9.84 Å². The Kier molecular flexibility index (Phi) is 8.45. The summed E-state index contributed by atoms with van der Waals surface area (Å²) < 4.78 is 68.6. The number of likely N-dealkylation sites (tertiary alicyclic amines) is 1. The average molecular weight is 659 g/mol. The van der Waals surface area contributed by atoms with E-state index in [-0.39, 0.29) is 16.9 Å². The predicted octanol–water partition coefficient (Wildman–Crippen LogP) is 7.66. The minimum Gasteiger partial charge on any atom is -0.300 e. The monoisotopic (exact) mass is 657 g/mol. The number of sulfone groups is 1. The van der Waals surface area contributed by atoms with Crippen molar-refractivity contribution < 1.29 is 21.6 Å². The quantitative estimate of drug-likeness (QED) is 0.273. The zero-order valence-electron chi connectivity index (χ0n) is 22.2. The van der Waals surface area contributed by atoms with E-state index in [0.29, 0.717) is 29.3 Å². The molecule has 0 bridgehead atoms. The number of benzene rings is 2. The lowest BCUT2D eigenvalue weighted by Crippen LogP contribution is -2.48. The summed E-state index contributed by atoms with van der Waals surface area (Å²) in [6.07, 6.45) is -0.397.